The molecule has 0 radical (unpaired) electrons. The van der Waals surface area contributed by atoms with Crippen molar-refractivity contribution in [3.05, 3.63) is 70.0 Å². The number of aliphatic hydroxyl groups excluding tert-OH is 1. The molecule has 0 fully saturated rings. The average Bonchev–Trinajstić information content (AvgIpc) is 2.73. The van der Waals surface area contributed by atoms with E-state index in [1.165, 1.54) is 12.1 Å². The molecule has 0 bridgehead atoms. The predicted molar refractivity (Wildman–Crippen MR) is 130 cm³/mol. The van der Waals surface area contributed by atoms with Crippen LogP contribution in [0.4, 0.5) is 5.69 Å². The lowest BCUT2D eigenvalue weighted by atomic mass is 10.0. The molecule has 0 spiro atoms. The third kappa shape index (κ3) is 6.56. The quantitative estimate of drug-likeness (QED) is 0.336. The summed E-state index contributed by atoms with van der Waals surface area (Å²) < 4.78 is 0. The number of aromatic amines is 1. The van der Waals surface area contributed by atoms with E-state index in [1.807, 2.05) is 38.1 Å². The number of aromatic nitrogens is 1. The summed E-state index contributed by atoms with van der Waals surface area (Å²) in [6.45, 7) is 4.51. The number of hydrogen-bond donors (Lipinski definition) is 5. The first-order valence-electron chi connectivity index (χ1n) is 10.5. The number of benzene rings is 2. The summed E-state index contributed by atoms with van der Waals surface area (Å²) in [6.07, 6.45) is 1.23. The van der Waals surface area contributed by atoms with Crippen molar-refractivity contribution in [2.75, 3.05) is 18.5 Å². The minimum Gasteiger partial charge on any atom is -0.506 e. The van der Waals surface area contributed by atoms with Gasteiger partial charge in [-0.15, -0.1) is 12.4 Å². The average molecular weight is 460 g/mol. The molecule has 0 aliphatic heterocycles. The molecule has 1 aromatic heterocycles. The number of hydrogen-bond acceptors (Lipinski definition) is 5. The number of aromatic hydroxyl groups is 1. The highest BCUT2D eigenvalue weighted by molar-refractivity contribution is 5.90. The number of anilines is 1. The molecule has 3 aromatic rings. The van der Waals surface area contributed by atoms with Gasteiger partial charge in [0, 0.05) is 23.6 Å². The molecular formula is C24H30ClN3O4. The highest BCUT2D eigenvalue weighted by Crippen LogP contribution is 2.28. The second-order valence-electron chi connectivity index (χ2n) is 8.07. The fraction of sp³-hybridized carbons (Fsp3) is 0.333. The molecule has 8 heteroatoms. The summed E-state index contributed by atoms with van der Waals surface area (Å²) in [7, 11) is 0. The van der Waals surface area contributed by atoms with Gasteiger partial charge >= 0.3 is 0 Å². The van der Waals surface area contributed by atoms with Crippen LogP contribution in [0.25, 0.3) is 10.9 Å². The van der Waals surface area contributed by atoms with Gasteiger partial charge in [0.25, 0.3) is 0 Å². The van der Waals surface area contributed by atoms with Gasteiger partial charge in [-0.2, -0.15) is 0 Å². The normalized spacial score (nSPS) is 11.9. The first-order chi connectivity index (χ1) is 14.9. The van der Waals surface area contributed by atoms with Crippen LogP contribution in [-0.2, 0) is 11.2 Å². The minimum absolute atomic E-state index is 0. The topological polar surface area (TPSA) is 114 Å². The Morgan fingerprint density at radius 3 is 2.44 bits per heavy atom. The molecular weight excluding hydrogens is 430 g/mol. The SMILES string of the molecule is CC(C)CC(=O)Nc1ccc(CCNC(CO)c2ccc(O)c3[nH]c(=O)ccc23)cc1.Cl. The number of aliphatic hydroxyl groups is 1. The molecule has 0 aliphatic carbocycles. The third-order valence-electron chi connectivity index (χ3n) is 5.10. The van der Waals surface area contributed by atoms with Crippen LogP contribution < -0.4 is 16.2 Å². The molecule has 0 saturated heterocycles. The Hall–Kier alpha value is -2.87. The van der Waals surface area contributed by atoms with E-state index >= 15 is 0 Å². The number of carbonyl (C=O) groups is 1. The highest BCUT2D eigenvalue weighted by Gasteiger charge is 2.15. The van der Waals surface area contributed by atoms with Crippen molar-refractivity contribution in [3.8, 4) is 5.75 Å². The van der Waals surface area contributed by atoms with E-state index in [4.69, 9.17) is 0 Å². The van der Waals surface area contributed by atoms with Crippen molar-refractivity contribution in [1.29, 1.82) is 0 Å². The van der Waals surface area contributed by atoms with Crippen LogP contribution >= 0.6 is 12.4 Å². The lowest BCUT2D eigenvalue weighted by Gasteiger charge is -2.19. The highest BCUT2D eigenvalue weighted by atomic mass is 35.5. The molecule has 1 unspecified atom stereocenters. The fourth-order valence-corrected chi connectivity index (χ4v) is 3.56. The van der Waals surface area contributed by atoms with Gasteiger partial charge in [-0.1, -0.05) is 32.0 Å². The lowest BCUT2D eigenvalue weighted by molar-refractivity contribution is -0.116. The Balaban J connectivity index is 0.00000363. The van der Waals surface area contributed by atoms with Crippen molar-refractivity contribution in [2.45, 2.75) is 32.7 Å². The molecule has 3 rings (SSSR count). The van der Waals surface area contributed by atoms with E-state index in [2.05, 4.69) is 15.6 Å². The number of amides is 1. The number of phenolic OH excluding ortho intramolecular Hbond substituents is 1. The molecule has 1 amide bonds. The van der Waals surface area contributed by atoms with Gasteiger partial charge in [-0.25, -0.2) is 0 Å². The van der Waals surface area contributed by atoms with Crippen molar-refractivity contribution >= 4 is 34.9 Å². The van der Waals surface area contributed by atoms with Crippen LogP contribution in [0, 0.1) is 5.92 Å². The fourth-order valence-electron chi connectivity index (χ4n) is 3.56. The zero-order valence-electron chi connectivity index (χ0n) is 18.2. The van der Waals surface area contributed by atoms with Gasteiger partial charge < -0.3 is 25.8 Å². The number of carbonyl (C=O) groups excluding carboxylic acids is 1. The molecule has 2 aromatic carbocycles. The standard InChI is InChI=1S/C24H29N3O4.ClH/c1-15(2)13-23(31)26-17-5-3-16(4-6-17)11-12-25-20(14-28)18-7-9-21(29)24-19(18)8-10-22(30)27-24;/h3-10,15,20,25,28-29H,11-14H2,1-2H3,(H,26,31)(H,27,30);1H. The molecule has 0 aliphatic rings. The molecule has 7 nitrogen and oxygen atoms in total. The Morgan fingerprint density at radius 2 is 1.78 bits per heavy atom. The Bertz CT molecular complexity index is 1100. The molecule has 1 heterocycles. The monoisotopic (exact) mass is 459 g/mol. The van der Waals surface area contributed by atoms with Crippen molar-refractivity contribution < 1.29 is 15.0 Å². The van der Waals surface area contributed by atoms with E-state index in [0.29, 0.717) is 29.8 Å². The number of fused-ring (bicyclic) bond motifs is 1. The maximum atomic E-state index is 11.9. The van der Waals surface area contributed by atoms with E-state index in [0.717, 1.165) is 23.2 Å². The molecule has 1 atom stereocenters. The number of rotatable bonds is 9. The Morgan fingerprint density at radius 1 is 1.06 bits per heavy atom. The largest absolute Gasteiger partial charge is 0.506 e. The third-order valence-corrected chi connectivity index (χ3v) is 5.10. The van der Waals surface area contributed by atoms with E-state index < -0.39 is 0 Å². The molecule has 0 saturated carbocycles. The van der Waals surface area contributed by atoms with Crippen molar-refractivity contribution in [2.24, 2.45) is 5.92 Å². The van der Waals surface area contributed by atoms with Crippen LogP contribution in [-0.4, -0.2) is 34.3 Å². The zero-order chi connectivity index (χ0) is 22.4. The maximum absolute atomic E-state index is 11.9. The van der Waals surface area contributed by atoms with Crippen LogP contribution in [0.15, 0.2) is 53.3 Å². The Labute approximate surface area is 193 Å². The van der Waals surface area contributed by atoms with Crippen LogP contribution in [0.2, 0.25) is 0 Å². The second kappa shape index (κ2) is 11.7. The van der Waals surface area contributed by atoms with Gasteiger partial charge in [0.2, 0.25) is 11.5 Å². The van der Waals surface area contributed by atoms with Crippen molar-refractivity contribution in [3.63, 3.8) is 0 Å². The number of nitrogens with one attached hydrogen (secondary N) is 3. The maximum Gasteiger partial charge on any atom is 0.248 e. The van der Waals surface area contributed by atoms with E-state index in [9.17, 15) is 19.8 Å². The smallest absolute Gasteiger partial charge is 0.248 e. The van der Waals surface area contributed by atoms with Gasteiger partial charge in [0.15, 0.2) is 0 Å². The number of phenols is 1. The summed E-state index contributed by atoms with van der Waals surface area (Å²) in [4.78, 5) is 26.1. The first-order valence-corrected chi connectivity index (χ1v) is 10.5. The summed E-state index contributed by atoms with van der Waals surface area (Å²) in [5.74, 6) is 0.321. The Kier molecular flexibility index (Phi) is 9.26. The first kappa shape index (κ1) is 25.4. The van der Waals surface area contributed by atoms with Gasteiger partial charge in [-0.3, -0.25) is 9.59 Å². The summed E-state index contributed by atoms with van der Waals surface area (Å²) in [5, 5.41) is 26.9. The molecule has 172 valence electrons. The van der Waals surface area contributed by atoms with E-state index in [-0.39, 0.29) is 42.3 Å². The molecule has 5 N–H and O–H groups in total. The van der Waals surface area contributed by atoms with Crippen LogP contribution in [0.3, 0.4) is 0 Å². The minimum atomic E-state index is -0.344. The van der Waals surface area contributed by atoms with E-state index in [1.54, 1.807) is 12.1 Å². The van der Waals surface area contributed by atoms with Crippen LogP contribution in [0.1, 0.15) is 37.4 Å². The summed E-state index contributed by atoms with van der Waals surface area (Å²) >= 11 is 0. The number of halogens is 1. The van der Waals surface area contributed by atoms with Gasteiger partial charge in [0.05, 0.1) is 18.2 Å². The zero-order valence-corrected chi connectivity index (χ0v) is 19.0. The molecule has 32 heavy (non-hydrogen) atoms. The summed E-state index contributed by atoms with van der Waals surface area (Å²) in [6, 6.07) is 13.7. The second-order valence-corrected chi connectivity index (χ2v) is 8.07. The van der Waals surface area contributed by atoms with Crippen LogP contribution in [0.5, 0.6) is 5.75 Å². The number of H-pyrrole nitrogens is 1. The predicted octanol–water partition coefficient (Wildman–Crippen LogP) is 3.51. The van der Waals surface area contributed by atoms with Crippen molar-refractivity contribution in [1.82, 2.24) is 10.3 Å². The summed E-state index contributed by atoms with van der Waals surface area (Å²) in [5.41, 5.74) is 2.75. The number of pyridine rings is 1. The lowest BCUT2D eigenvalue weighted by Crippen LogP contribution is -2.27. The van der Waals surface area contributed by atoms with Gasteiger partial charge in [-0.05, 0) is 54.3 Å². The van der Waals surface area contributed by atoms with Gasteiger partial charge in [0.1, 0.15) is 5.75 Å².